The zero-order chi connectivity index (χ0) is 23.8. The van der Waals surface area contributed by atoms with E-state index in [4.69, 9.17) is 9.84 Å². The normalized spacial score (nSPS) is 13.8. The number of carboxylic acids is 1. The van der Waals surface area contributed by atoms with Crippen LogP contribution in [0.25, 0.3) is 11.1 Å². The maximum atomic E-state index is 12.7. The zero-order valence-electron chi connectivity index (χ0n) is 18.8. The monoisotopic (exact) mass is 450 g/mol. The van der Waals surface area contributed by atoms with Crippen LogP contribution in [0.3, 0.4) is 0 Å². The van der Waals surface area contributed by atoms with Gasteiger partial charge in [0.15, 0.2) is 0 Å². The molecule has 3 rings (SSSR count). The molecule has 0 radical (unpaired) electrons. The summed E-state index contributed by atoms with van der Waals surface area (Å²) in [6.07, 6.45) is 2.10. The molecule has 1 aliphatic rings. The van der Waals surface area contributed by atoms with Gasteiger partial charge in [-0.15, -0.1) is 6.58 Å². The van der Waals surface area contributed by atoms with E-state index in [0.29, 0.717) is 6.42 Å². The van der Waals surface area contributed by atoms with E-state index in [2.05, 4.69) is 29.3 Å². The Bertz CT molecular complexity index is 974. The first-order valence-electron chi connectivity index (χ1n) is 11.2. The van der Waals surface area contributed by atoms with Crippen molar-refractivity contribution in [2.24, 2.45) is 0 Å². The largest absolute Gasteiger partial charge is 0.481 e. The Balaban J connectivity index is 1.63. The summed E-state index contributed by atoms with van der Waals surface area (Å²) < 4.78 is 5.53. The number of carbonyl (C=O) groups is 3. The summed E-state index contributed by atoms with van der Waals surface area (Å²) in [5, 5.41) is 14.4. The predicted molar refractivity (Wildman–Crippen MR) is 126 cm³/mol. The Labute approximate surface area is 193 Å². The zero-order valence-corrected chi connectivity index (χ0v) is 18.8. The molecule has 1 aliphatic carbocycles. The maximum Gasteiger partial charge on any atom is 0.407 e. The maximum absolute atomic E-state index is 12.7. The van der Waals surface area contributed by atoms with Crippen LogP contribution in [0, 0.1) is 0 Å². The van der Waals surface area contributed by atoms with Gasteiger partial charge in [-0.25, -0.2) is 4.79 Å². The number of carbonyl (C=O) groups excluding carboxylic acids is 2. The van der Waals surface area contributed by atoms with Gasteiger partial charge in [0.25, 0.3) is 0 Å². The standard InChI is InChI=1S/C26H30N2O5/c1-3-9-17(15-24(29)30)27-25(31)23(10-4-2)28-26(32)33-16-22-20-13-7-5-11-18(20)19-12-6-8-14-21(19)22/h4-8,11-14,17,22-23H,2-3,9-10,15-16H2,1H3,(H,27,31)(H,28,32)(H,29,30)/t17-,23?/m0/s1. The summed E-state index contributed by atoms with van der Waals surface area (Å²) in [4.78, 5) is 36.3. The van der Waals surface area contributed by atoms with Gasteiger partial charge < -0.3 is 20.5 Å². The van der Waals surface area contributed by atoms with Gasteiger partial charge in [0, 0.05) is 12.0 Å². The van der Waals surface area contributed by atoms with Crippen molar-refractivity contribution in [3.8, 4) is 11.1 Å². The Hall–Kier alpha value is -3.61. The molecule has 0 bridgehead atoms. The molecule has 2 atom stereocenters. The van der Waals surface area contributed by atoms with Crippen molar-refractivity contribution in [2.75, 3.05) is 6.61 Å². The molecule has 0 spiro atoms. The first-order chi connectivity index (χ1) is 15.9. The van der Waals surface area contributed by atoms with E-state index in [1.165, 1.54) is 6.08 Å². The van der Waals surface area contributed by atoms with Crippen molar-refractivity contribution in [2.45, 2.75) is 50.6 Å². The Morgan fingerprint density at radius 3 is 2.21 bits per heavy atom. The second kappa shape index (κ2) is 11.3. The first kappa shape index (κ1) is 24.0. The second-order valence-electron chi connectivity index (χ2n) is 8.14. The van der Waals surface area contributed by atoms with Gasteiger partial charge in [-0.05, 0) is 35.1 Å². The molecule has 0 fully saturated rings. The Kier molecular flexibility index (Phi) is 8.24. The number of nitrogens with one attached hydrogen (secondary N) is 2. The van der Waals surface area contributed by atoms with E-state index < -0.39 is 30.1 Å². The van der Waals surface area contributed by atoms with Crippen LogP contribution in [0.2, 0.25) is 0 Å². The lowest BCUT2D eigenvalue weighted by Crippen LogP contribution is -2.50. The number of benzene rings is 2. The molecule has 174 valence electrons. The number of carboxylic acid groups (broad SMARTS) is 1. The SMILES string of the molecule is C=CCC(NC(=O)OCC1c2ccccc2-c2ccccc21)C(=O)N[C@@H](CCC)CC(=O)O. The van der Waals surface area contributed by atoms with E-state index in [-0.39, 0.29) is 25.4 Å². The van der Waals surface area contributed by atoms with Gasteiger partial charge in [-0.3, -0.25) is 9.59 Å². The van der Waals surface area contributed by atoms with Crippen molar-refractivity contribution < 1.29 is 24.2 Å². The van der Waals surface area contributed by atoms with Crippen LogP contribution in [0.15, 0.2) is 61.2 Å². The molecule has 7 heteroatoms. The molecule has 0 saturated carbocycles. The molecule has 0 aliphatic heterocycles. The van der Waals surface area contributed by atoms with Gasteiger partial charge in [0.1, 0.15) is 12.6 Å². The Morgan fingerprint density at radius 2 is 1.67 bits per heavy atom. The number of ether oxygens (including phenoxy) is 1. The molecule has 2 aromatic rings. The number of aliphatic carboxylic acids is 1. The van der Waals surface area contributed by atoms with Crippen molar-refractivity contribution in [1.29, 1.82) is 0 Å². The average molecular weight is 451 g/mol. The molecule has 0 saturated heterocycles. The van der Waals surface area contributed by atoms with E-state index in [0.717, 1.165) is 28.7 Å². The van der Waals surface area contributed by atoms with Crippen LogP contribution < -0.4 is 10.6 Å². The molecule has 0 aromatic heterocycles. The van der Waals surface area contributed by atoms with Gasteiger partial charge in [-0.1, -0.05) is 68.0 Å². The van der Waals surface area contributed by atoms with E-state index in [1.54, 1.807) is 0 Å². The van der Waals surface area contributed by atoms with Crippen molar-refractivity contribution in [3.63, 3.8) is 0 Å². The third kappa shape index (κ3) is 6.00. The van der Waals surface area contributed by atoms with Crippen LogP contribution in [-0.4, -0.2) is 41.8 Å². The van der Waals surface area contributed by atoms with Crippen molar-refractivity contribution >= 4 is 18.0 Å². The minimum absolute atomic E-state index is 0.0840. The molecular formula is C26H30N2O5. The fraction of sp³-hybridized carbons (Fsp3) is 0.346. The summed E-state index contributed by atoms with van der Waals surface area (Å²) in [6.45, 7) is 5.70. The van der Waals surface area contributed by atoms with E-state index >= 15 is 0 Å². The molecule has 7 nitrogen and oxygen atoms in total. The smallest absolute Gasteiger partial charge is 0.407 e. The van der Waals surface area contributed by atoms with Crippen LogP contribution >= 0.6 is 0 Å². The highest BCUT2D eigenvalue weighted by atomic mass is 16.5. The number of hydrogen-bond acceptors (Lipinski definition) is 4. The number of hydrogen-bond donors (Lipinski definition) is 3. The minimum Gasteiger partial charge on any atom is -0.481 e. The highest BCUT2D eigenvalue weighted by Gasteiger charge is 2.30. The Morgan fingerprint density at radius 1 is 1.06 bits per heavy atom. The lowest BCUT2D eigenvalue weighted by atomic mass is 9.98. The number of fused-ring (bicyclic) bond motifs is 3. The average Bonchev–Trinajstić information content (AvgIpc) is 3.11. The fourth-order valence-electron chi connectivity index (χ4n) is 4.27. The van der Waals surface area contributed by atoms with Gasteiger partial charge >= 0.3 is 12.1 Å². The highest BCUT2D eigenvalue weighted by Crippen LogP contribution is 2.44. The molecule has 0 heterocycles. The number of alkyl carbamates (subject to hydrolysis) is 1. The van der Waals surface area contributed by atoms with Crippen LogP contribution in [0.1, 0.15) is 49.7 Å². The number of amides is 2. The molecular weight excluding hydrogens is 420 g/mol. The van der Waals surface area contributed by atoms with Crippen molar-refractivity contribution in [3.05, 3.63) is 72.3 Å². The predicted octanol–water partition coefficient (Wildman–Crippen LogP) is 4.23. The molecule has 1 unspecified atom stereocenters. The molecule has 2 aromatic carbocycles. The molecule has 2 amide bonds. The summed E-state index contributed by atoms with van der Waals surface area (Å²) in [5.74, 6) is -1.53. The van der Waals surface area contributed by atoms with Crippen LogP contribution in [0.4, 0.5) is 4.79 Å². The molecule has 3 N–H and O–H groups in total. The third-order valence-corrected chi connectivity index (χ3v) is 5.76. The van der Waals surface area contributed by atoms with Crippen LogP contribution in [-0.2, 0) is 14.3 Å². The highest BCUT2D eigenvalue weighted by molar-refractivity contribution is 5.86. The first-order valence-corrected chi connectivity index (χ1v) is 11.2. The summed E-state index contributed by atoms with van der Waals surface area (Å²) >= 11 is 0. The van der Waals surface area contributed by atoms with E-state index in [9.17, 15) is 14.4 Å². The summed E-state index contributed by atoms with van der Waals surface area (Å²) in [5.41, 5.74) is 4.46. The van der Waals surface area contributed by atoms with Crippen LogP contribution in [0.5, 0.6) is 0 Å². The van der Waals surface area contributed by atoms with Gasteiger partial charge in [0.05, 0.1) is 6.42 Å². The van der Waals surface area contributed by atoms with Gasteiger partial charge in [0.2, 0.25) is 5.91 Å². The topological polar surface area (TPSA) is 105 Å². The van der Waals surface area contributed by atoms with Gasteiger partial charge in [-0.2, -0.15) is 0 Å². The third-order valence-electron chi connectivity index (χ3n) is 5.76. The molecule has 33 heavy (non-hydrogen) atoms. The lowest BCUT2D eigenvalue weighted by Gasteiger charge is -2.22. The minimum atomic E-state index is -0.987. The van der Waals surface area contributed by atoms with Crippen molar-refractivity contribution in [1.82, 2.24) is 10.6 Å². The fourth-order valence-corrected chi connectivity index (χ4v) is 4.27. The quantitative estimate of drug-likeness (QED) is 0.445. The summed E-state index contributed by atoms with van der Waals surface area (Å²) in [6, 6.07) is 14.7. The lowest BCUT2D eigenvalue weighted by molar-refractivity contribution is -0.137. The number of rotatable bonds is 11. The summed E-state index contributed by atoms with van der Waals surface area (Å²) in [7, 11) is 0. The second-order valence-corrected chi connectivity index (χ2v) is 8.14. The van der Waals surface area contributed by atoms with E-state index in [1.807, 2.05) is 43.3 Å².